The molecule has 0 aromatic carbocycles. The molecule has 18 heavy (non-hydrogen) atoms. The molecule has 0 aliphatic carbocycles. The van der Waals surface area contributed by atoms with Gasteiger partial charge >= 0.3 is 0 Å². The summed E-state index contributed by atoms with van der Waals surface area (Å²) in [6, 6.07) is 0. The topological polar surface area (TPSA) is 73.5 Å². The molecular weight excluding hydrogens is 232 g/mol. The van der Waals surface area contributed by atoms with Crippen LogP contribution in [0.15, 0.2) is 6.33 Å². The Balaban J connectivity index is 2.25. The number of hydrogen-bond donors (Lipinski definition) is 1. The molecule has 1 saturated heterocycles. The highest BCUT2D eigenvalue weighted by Gasteiger charge is 2.34. The van der Waals surface area contributed by atoms with E-state index < -0.39 is 0 Å². The number of nitrogen functional groups attached to an aromatic ring is 1. The predicted molar refractivity (Wildman–Crippen MR) is 69.6 cm³/mol. The quantitative estimate of drug-likeness (QED) is 0.839. The molecule has 2 unspecified atom stereocenters. The number of nitrogens with two attached hydrogens (primary N) is 1. The molecular formula is C12H20N4O2. The van der Waals surface area contributed by atoms with Crippen LogP contribution in [0.3, 0.4) is 0 Å². The summed E-state index contributed by atoms with van der Waals surface area (Å²) in [4.78, 5) is 10.5. The van der Waals surface area contributed by atoms with Gasteiger partial charge in [0.05, 0.1) is 0 Å². The van der Waals surface area contributed by atoms with Gasteiger partial charge in [0.15, 0.2) is 0 Å². The molecule has 2 N–H and O–H groups in total. The number of aromatic nitrogens is 2. The molecule has 0 amide bonds. The molecule has 100 valence electrons. The van der Waals surface area contributed by atoms with Gasteiger partial charge < -0.3 is 20.1 Å². The summed E-state index contributed by atoms with van der Waals surface area (Å²) in [5.74, 6) is 1.45. The van der Waals surface area contributed by atoms with E-state index >= 15 is 0 Å². The van der Waals surface area contributed by atoms with Crippen LogP contribution in [0, 0.1) is 0 Å². The van der Waals surface area contributed by atoms with Crippen LogP contribution in [0.25, 0.3) is 0 Å². The molecule has 1 fully saturated rings. The largest absolute Gasteiger partial charge is 0.383 e. The van der Waals surface area contributed by atoms with Crippen LogP contribution >= 0.6 is 0 Å². The van der Waals surface area contributed by atoms with Crippen LogP contribution in [-0.4, -0.2) is 49.5 Å². The Morgan fingerprint density at radius 3 is 2.39 bits per heavy atom. The summed E-state index contributed by atoms with van der Waals surface area (Å²) in [7, 11) is 3.41. The molecule has 2 atom stereocenters. The van der Waals surface area contributed by atoms with Gasteiger partial charge in [-0.2, -0.15) is 0 Å². The zero-order valence-corrected chi connectivity index (χ0v) is 11.1. The molecule has 1 aromatic rings. The Morgan fingerprint density at radius 1 is 1.28 bits per heavy atom. The van der Waals surface area contributed by atoms with Gasteiger partial charge in [0.25, 0.3) is 0 Å². The first-order valence-electron chi connectivity index (χ1n) is 6.11. The minimum absolute atomic E-state index is 0.0656. The molecule has 2 rings (SSSR count). The zero-order chi connectivity index (χ0) is 13.1. The van der Waals surface area contributed by atoms with Crippen LogP contribution in [-0.2, 0) is 15.9 Å². The van der Waals surface area contributed by atoms with E-state index in [-0.39, 0.29) is 12.2 Å². The lowest BCUT2D eigenvalue weighted by atomic mass is 10.2. The maximum atomic E-state index is 5.89. The van der Waals surface area contributed by atoms with Crippen LogP contribution in [0.1, 0.15) is 12.5 Å². The molecule has 0 radical (unpaired) electrons. The predicted octanol–water partition coefficient (Wildman–Crippen LogP) is 0.471. The second-order valence-electron chi connectivity index (χ2n) is 4.37. The van der Waals surface area contributed by atoms with Crippen molar-refractivity contribution in [2.75, 3.05) is 37.9 Å². The van der Waals surface area contributed by atoms with Crippen LogP contribution in [0.4, 0.5) is 11.6 Å². The van der Waals surface area contributed by atoms with Gasteiger partial charge in [-0.1, -0.05) is 6.92 Å². The van der Waals surface area contributed by atoms with E-state index in [0.29, 0.717) is 5.82 Å². The highest BCUT2D eigenvalue weighted by Crippen LogP contribution is 2.27. The third-order valence-corrected chi connectivity index (χ3v) is 3.43. The van der Waals surface area contributed by atoms with Crippen LogP contribution in [0.5, 0.6) is 0 Å². The first kappa shape index (κ1) is 13.0. The molecule has 1 aromatic heterocycles. The number of ether oxygens (including phenoxy) is 2. The third kappa shape index (κ3) is 2.26. The van der Waals surface area contributed by atoms with Crippen LogP contribution in [0.2, 0.25) is 0 Å². The average Bonchev–Trinajstić information content (AvgIpc) is 2.81. The van der Waals surface area contributed by atoms with E-state index in [2.05, 4.69) is 21.8 Å². The van der Waals surface area contributed by atoms with Gasteiger partial charge in [-0.05, 0) is 6.42 Å². The van der Waals surface area contributed by atoms with Gasteiger partial charge in [-0.3, -0.25) is 0 Å². The smallest absolute Gasteiger partial charge is 0.137 e. The summed E-state index contributed by atoms with van der Waals surface area (Å²) < 4.78 is 10.9. The van der Waals surface area contributed by atoms with Crippen molar-refractivity contribution in [1.82, 2.24) is 9.97 Å². The monoisotopic (exact) mass is 252 g/mol. The van der Waals surface area contributed by atoms with Crippen molar-refractivity contribution < 1.29 is 9.47 Å². The fourth-order valence-corrected chi connectivity index (χ4v) is 2.40. The zero-order valence-electron chi connectivity index (χ0n) is 11.1. The van der Waals surface area contributed by atoms with Crippen molar-refractivity contribution in [2.24, 2.45) is 0 Å². The Bertz CT molecular complexity index is 401. The van der Waals surface area contributed by atoms with Crippen molar-refractivity contribution in [3.8, 4) is 0 Å². The maximum Gasteiger partial charge on any atom is 0.137 e. The van der Waals surface area contributed by atoms with Gasteiger partial charge in [0.2, 0.25) is 0 Å². The molecule has 0 bridgehead atoms. The van der Waals surface area contributed by atoms with Gasteiger partial charge in [-0.15, -0.1) is 0 Å². The summed E-state index contributed by atoms with van der Waals surface area (Å²) in [5.41, 5.74) is 6.88. The van der Waals surface area contributed by atoms with E-state index in [1.54, 1.807) is 14.2 Å². The van der Waals surface area contributed by atoms with Crippen molar-refractivity contribution in [1.29, 1.82) is 0 Å². The molecule has 0 spiro atoms. The van der Waals surface area contributed by atoms with Crippen molar-refractivity contribution in [2.45, 2.75) is 25.6 Å². The fourth-order valence-electron chi connectivity index (χ4n) is 2.40. The highest BCUT2D eigenvalue weighted by atomic mass is 16.5. The average molecular weight is 252 g/mol. The second kappa shape index (κ2) is 5.49. The summed E-state index contributed by atoms with van der Waals surface area (Å²) in [6.45, 7) is 3.58. The molecule has 1 aliphatic heterocycles. The minimum Gasteiger partial charge on any atom is -0.383 e. The Hall–Kier alpha value is -1.40. The van der Waals surface area contributed by atoms with Gasteiger partial charge in [0.1, 0.15) is 30.2 Å². The Kier molecular flexibility index (Phi) is 3.98. The lowest BCUT2D eigenvalue weighted by Crippen LogP contribution is -2.27. The molecule has 0 saturated carbocycles. The summed E-state index contributed by atoms with van der Waals surface area (Å²) >= 11 is 0. The first-order chi connectivity index (χ1) is 8.71. The number of methoxy groups -OCH3 is 2. The van der Waals surface area contributed by atoms with Gasteiger partial charge in [0, 0.05) is 32.9 Å². The van der Waals surface area contributed by atoms with E-state index in [9.17, 15) is 0 Å². The SMILES string of the molecule is CCc1c(N)ncnc1N1CC(OC)C(OC)C1. The standard InChI is InChI=1S/C12H20N4O2/c1-4-8-11(13)14-7-15-12(8)16-5-9(17-2)10(6-16)18-3/h7,9-10H,4-6H2,1-3H3,(H2,13,14,15). The Morgan fingerprint density at radius 2 is 1.89 bits per heavy atom. The van der Waals surface area contributed by atoms with Crippen LogP contribution < -0.4 is 10.6 Å². The van der Waals surface area contributed by atoms with Gasteiger partial charge in [-0.25, -0.2) is 9.97 Å². The molecule has 6 heteroatoms. The lowest BCUT2D eigenvalue weighted by Gasteiger charge is -2.20. The number of rotatable bonds is 4. The van der Waals surface area contributed by atoms with Crippen molar-refractivity contribution >= 4 is 11.6 Å². The molecule has 2 heterocycles. The van der Waals surface area contributed by atoms with E-state index in [0.717, 1.165) is 30.9 Å². The third-order valence-electron chi connectivity index (χ3n) is 3.43. The van der Waals surface area contributed by atoms with Crippen molar-refractivity contribution in [3.63, 3.8) is 0 Å². The van der Waals surface area contributed by atoms with E-state index in [1.165, 1.54) is 6.33 Å². The number of nitrogens with zero attached hydrogens (tertiary/aromatic N) is 3. The number of hydrogen-bond acceptors (Lipinski definition) is 6. The van der Waals surface area contributed by atoms with E-state index in [1.807, 2.05) is 0 Å². The minimum atomic E-state index is 0.0656. The Labute approximate surface area is 107 Å². The maximum absolute atomic E-state index is 5.89. The lowest BCUT2D eigenvalue weighted by molar-refractivity contribution is -0.00461. The van der Waals surface area contributed by atoms with Crippen molar-refractivity contribution in [3.05, 3.63) is 11.9 Å². The second-order valence-corrected chi connectivity index (χ2v) is 4.37. The number of anilines is 2. The highest BCUT2D eigenvalue weighted by molar-refractivity contribution is 5.57. The summed E-state index contributed by atoms with van der Waals surface area (Å²) in [6.07, 6.45) is 2.45. The fraction of sp³-hybridized carbons (Fsp3) is 0.667. The first-order valence-corrected chi connectivity index (χ1v) is 6.11. The normalized spacial score (nSPS) is 23.6. The summed E-state index contributed by atoms with van der Waals surface area (Å²) in [5, 5.41) is 0. The molecule has 1 aliphatic rings. The van der Waals surface area contributed by atoms with E-state index in [4.69, 9.17) is 15.2 Å². The molecule has 6 nitrogen and oxygen atoms in total.